The van der Waals surface area contributed by atoms with Gasteiger partial charge in [0.2, 0.25) is 0 Å². The van der Waals surface area contributed by atoms with Gasteiger partial charge in [0.05, 0.1) is 5.60 Å². The largest absolute Gasteiger partial charge is 0.386 e. The minimum atomic E-state index is -0.496. The van der Waals surface area contributed by atoms with E-state index in [0.717, 1.165) is 18.5 Å². The van der Waals surface area contributed by atoms with Gasteiger partial charge < -0.3 is 10.0 Å². The first-order valence-electron chi connectivity index (χ1n) is 5.22. The lowest BCUT2D eigenvalue weighted by atomic mass is 9.89. The zero-order valence-corrected chi connectivity index (χ0v) is 9.54. The number of aromatic nitrogens is 1. The van der Waals surface area contributed by atoms with Crippen molar-refractivity contribution < 1.29 is 5.11 Å². The average molecular weight is 227 g/mol. The molecule has 82 valence electrons. The van der Waals surface area contributed by atoms with Crippen LogP contribution in [-0.4, -0.2) is 28.8 Å². The van der Waals surface area contributed by atoms with Crippen molar-refractivity contribution in [2.45, 2.75) is 25.4 Å². The first-order chi connectivity index (χ1) is 7.13. The van der Waals surface area contributed by atoms with Gasteiger partial charge in [-0.3, -0.25) is 0 Å². The molecule has 1 aromatic heterocycles. The summed E-state index contributed by atoms with van der Waals surface area (Å²) in [5, 5.41) is 10.5. The molecule has 1 aliphatic rings. The van der Waals surface area contributed by atoms with Crippen molar-refractivity contribution >= 4 is 17.3 Å². The summed E-state index contributed by atoms with van der Waals surface area (Å²) in [7, 11) is 0. The van der Waals surface area contributed by atoms with Crippen LogP contribution in [0.4, 0.5) is 5.69 Å². The molecule has 0 aromatic carbocycles. The van der Waals surface area contributed by atoms with Crippen LogP contribution in [0.15, 0.2) is 18.3 Å². The maximum absolute atomic E-state index is 10.0. The third kappa shape index (κ3) is 2.24. The number of pyridine rings is 1. The Morgan fingerprint density at radius 2 is 2.33 bits per heavy atom. The summed E-state index contributed by atoms with van der Waals surface area (Å²) in [5.41, 5.74) is 0.542. The van der Waals surface area contributed by atoms with E-state index in [1.807, 2.05) is 12.1 Å². The molecular weight excluding hydrogens is 212 g/mol. The fraction of sp³-hybridized carbons (Fsp3) is 0.545. The lowest BCUT2D eigenvalue weighted by Crippen LogP contribution is -2.61. The molecule has 3 nitrogen and oxygen atoms in total. The van der Waals surface area contributed by atoms with Gasteiger partial charge in [-0.05, 0) is 18.6 Å². The normalized spacial score (nSPS) is 18.7. The zero-order valence-electron chi connectivity index (χ0n) is 8.78. The van der Waals surface area contributed by atoms with E-state index >= 15 is 0 Å². The Hall–Kier alpha value is -0.800. The van der Waals surface area contributed by atoms with Crippen molar-refractivity contribution in [1.82, 2.24) is 4.98 Å². The molecular formula is C11H15ClN2O. The van der Waals surface area contributed by atoms with Gasteiger partial charge in [-0.2, -0.15) is 0 Å². The third-order valence-electron chi connectivity index (χ3n) is 2.76. The Balaban J connectivity index is 2.00. The van der Waals surface area contributed by atoms with Crippen LogP contribution >= 0.6 is 11.6 Å². The van der Waals surface area contributed by atoms with E-state index < -0.39 is 5.60 Å². The van der Waals surface area contributed by atoms with Crippen LogP contribution in [0.3, 0.4) is 0 Å². The molecule has 0 aliphatic carbocycles. The van der Waals surface area contributed by atoms with E-state index in [-0.39, 0.29) is 0 Å². The fourth-order valence-electron chi connectivity index (χ4n) is 2.06. The number of hydrogen-bond donors (Lipinski definition) is 1. The molecule has 2 heterocycles. The summed E-state index contributed by atoms with van der Waals surface area (Å²) in [6, 6.07) is 3.74. The summed E-state index contributed by atoms with van der Waals surface area (Å²) in [5.74, 6) is 0. The summed E-state index contributed by atoms with van der Waals surface area (Å²) in [6.45, 7) is 3.48. The van der Waals surface area contributed by atoms with Crippen molar-refractivity contribution in [3.8, 4) is 0 Å². The zero-order chi connectivity index (χ0) is 10.9. The molecule has 0 atom stereocenters. The van der Waals surface area contributed by atoms with Gasteiger partial charge in [0.1, 0.15) is 5.15 Å². The highest BCUT2D eigenvalue weighted by Crippen LogP contribution is 2.31. The molecule has 0 bridgehead atoms. The molecule has 0 unspecified atom stereocenters. The molecule has 0 spiro atoms. The molecule has 1 aromatic rings. The highest BCUT2D eigenvalue weighted by molar-refractivity contribution is 6.29. The fourth-order valence-corrected chi connectivity index (χ4v) is 2.23. The van der Waals surface area contributed by atoms with Crippen molar-refractivity contribution in [3.05, 3.63) is 23.5 Å². The number of rotatable bonds is 3. The van der Waals surface area contributed by atoms with Crippen molar-refractivity contribution in [2.24, 2.45) is 0 Å². The maximum Gasteiger partial charge on any atom is 0.131 e. The minimum Gasteiger partial charge on any atom is -0.386 e. The number of nitrogens with zero attached hydrogens (tertiary/aromatic N) is 2. The Morgan fingerprint density at radius 1 is 1.60 bits per heavy atom. The molecule has 0 amide bonds. The van der Waals surface area contributed by atoms with Crippen molar-refractivity contribution in [1.29, 1.82) is 0 Å². The van der Waals surface area contributed by atoms with Crippen molar-refractivity contribution in [3.63, 3.8) is 0 Å². The average Bonchev–Trinajstić information content (AvgIpc) is 2.14. The van der Waals surface area contributed by atoms with Gasteiger partial charge in [0.25, 0.3) is 0 Å². The quantitative estimate of drug-likeness (QED) is 0.802. The lowest BCUT2D eigenvalue weighted by Gasteiger charge is -2.48. The highest BCUT2D eigenvalue weighted by atomic mass is 35.5. The first kappa shape index (κ1) is 10.7. The smallest absolute Gasteiger partial charge is 0.131 e. The Labute approximate surface area is 94.7 Å². The van der Waals surface area contributed by atoms with Gasteiger partial charge in [-0.1, -0.05) is 24.9 Å². The highest BCUT2D eigenvalue weighted by Gasteiger charge is 2.40. The maximum atomic E-state index is 10.0. The standard InChI is InChI=1S/C11H15ClN2O/c1-2-4-11(15)7-14(8-11)9-3-5-13-10(12)6-9/h3,5-6,15H,2,4,7-8H2,1H3. The predicted octanol–water partition coefficient (Wildman–Crippen LogP) is 2.09. The Bertz CT molecular complexity index is 350. The Kier molecular flexibility index (Phi) is 2.85. The van der Waals surface area contributed by atoms with Gasteiger partial charge in [-0.25, -0.2) is 4.98 Å². The van der Waals surface area contributed by atoms with Crippen molar-refractivity contribution in [2.75, 3.05) is 18.0 Å². The molecule has 0 saturated carbocycles. The molecule has 0 radical (unpaired) electrons. The SMILES string of the molecule is CCCC1(O)CN(c2ccnc(Cl)c2)C1. The number of hydrogen-bond acceptors (Lipinski definition) is 3. The van der Waals surface area contributed by atoms with E-state index in [9.17, 15) is 5.11 Å². The van der Waals surface area contributed by atoms with Crippen LogP contribution in [0.5, 0.6) is 0 Å². The van der Waals surface area contributed by atoms with Gasteiger partial charge in [-0.15, -0.1) is 0 Å². The van der Waals surface area contributed by atoms with Gasteiger partial charge in [0.15, 0.2) is 0 Å². The molecule has 15 heavy (non-hydrogen) atoms. The van der Waals surface area contributed by atoms with E-state index in [1.165, 1.54) is 0 Å². The molecule has 1 saturated heterocycles. The van der Waals surface area contributed by atoms with E-state index in [1.54, 1.807) is 6.20 Å². The molecule has 1 fully saturated rings. The van der Waals surface area contributed by atoms with E-state index in [2.05, 4.69) is 16.8 Å². The number of halogens is 1. The van der Waals surface area contributed by atoms with Crippen LogP contribution in [0.1, 0.15) is 19.8 Å². The molecule has 1 aliphatic heterocycles. The first-order valence-corrected chi connectivity index (χ1v) is 5.60. The van der Waals surface area contributed by atoms with Crippen LogP contribution in [0.2, 0.25) is 5.15 Å². The monoisotopic (exact) mass is 226 g/mol. The van der Waals surface area contributed by atoms with Gasteiger partial charge >= 0.3 is 0 Å². The summed E-state index contributed by atoms with van der Waals surface area (Å²) >= 11 is 5.80. The predicted molar refractivity (Wildman–Crippen MR) is 61.3 cm³/mol. The van der Waals surface area contributed by atoms with Crippen LogP contribution in [0.25, 0.3) is 0 Å². The Morgan fingerprint density at radius 3 is 2.93 bits per heavy atom. The number of β-amino-alcohol motifs (C(OH)–C–C–N with tert-alkyl or cyclic N) is 1. The summed E-state index contributed by atoms with van der Waals surface area (Å²) in [4.78, 5) is 6.04. The molecule has 4 heteroatoms. The lowest BCUT2D eigenvalue weighted by molar-refractivity contribution is 0.00339. The third-order valence-corrected chi connectivity index (χ3v) is 2.97. The topological polar surface area (TPSA) is 36.4 Å². The second kappa shape index (κ2) is 3.99. The minimum absolute atomic E-state index is 0.496. The number of anilines is 1. The van der Waals surface area contributed by atoms with E-state index in [4.69, 9.17) is 11.6 Å². The second-order valence-electron chi connectivity index (χ2n) is 4.17. The van der Waals surface area contributed by atoms with E-state index in [0.29, 0.717) is 18.2 Å². The van der Waals surface area contributed by atoms with Crippen LogP contribution < -0.4 is 4.90 Å². The molecule has 2 rings (SSSR count). The summed E-state index contributed by atoms with van der Waals surface area (Å²) < 4.78 is 0. The second-order valence-corrected chi connectivity index (χ2v) is 4.55. The molecule has 1 N–H and O–H groups in total. The van der Waals surface area contributed by atoms with Gasteiger partial charge in [0, 0.05) is 25.0 Å². The van der Waals surface area contributed by atoms with Crippen LogP contribution in [-0.2, 0) is 0 Å². The summed E-state index contributed by atoms with van der Waals surface area (Å²) in [6.07, 6.45) is 3.57. The number of aliphatic hydroxyl groups is 1. The van der Waals surface area contributed by atoms with Crippen LogP contribution in [0, 0.1) is 0 Å².